The number of carbonyl (C=O) groups is 2. The van der Waals surface area contributed by atoms with Crippen molar-refractivity contribution < 1.29 is 23.5 Å². The Bertz CT molecular complexity index is 734. The van der Waals surface area contributed by atoms with Crippen LogP contribution in [0.4, 0.5) is 14.5 Å². The highest BCUT2D eigenvalue weighted by molar-refractivity contribution is 9.10. The third-order valence-electron chi connectivity index (χ3n) is 2.63. The molecule has 0 aromatic heterocycles. The minimum absolute atomic E-state index is 0.0227. The summed E-state index contributed by atoms with van der Waals surface area (Å²) < 4.78 is 27.1. The molecule has 7 heteroatoms. The van der Waals surface area contributed by atoms with Crippen LogP contribution in [-0.2, 0) is 0 Å². The van der Waals surface area contributed by atoms with Crippen molar-refractivity contribution in [1.29, 1.82) is 0 Å². The first-order valence-corrected chi connectivity index (χ1v) is 6.47. The van der Waals surface area contributed by atoms with E-state index in [0.717, 1.165) is 18.2 Å². The summed E-state index contributed by atoms with van der Waals surface area (Å²) in [6.07, 6.45) is 0. The fourth-order valence-electron chi connectivity index (χ4n) is 1.67. The van der Waals surface area contributed by atoms with Gasteiger partial charge in [-0.05, 0) is 36.4 Å². The molecule has 4 nitrogen and oxygen atoms in total. The molecule has 0 atom stereocenters. The summed E-state index contributed by atoms with van der Waals surface area (Å²) in [6, 6.07) is 6.57. The van der Waals surface area contributed by atoms with Crippen molar-refractivity contribution in [2.24, 2.45) is 0 Å². The Balaban J connectivity index is 2.38. The highest BCUT2D eigenvalue weighted by Gasteiger charge is 2.17. The van der Waals surface area contributed by atoms with Gasteiger partial charge in [-0.25, -0.2) is 13.6 Å². The Kier molecular flexibility index (Phi) is 4.32. The maximum atomic E-state index is 13.5. The monoisotopic (exact) mass is 355 g/mol. The zero-order valence-electron chi connectivity index (χ0n) is 10.4. The first-order chi connectivity index (χ1) is 9.88. The smallest absolute Gasteiger partial charge is 0.337 e. The fourth-order valence-corrected chi connectivity index (χ4v) is 2.03. The van der Waals surface area contributed by atoms with Crippen molar-refractivity contribution >= 4 is 33.5 Å². The van der Waals surface area contributed by atoms with Gasteiger partial charge in [-0.15, -0.1) is 0 Å². The van der Waals surface area contributed by atoms with E-state index in [0.29, 0.717) is 4.47 Å². The van der Waals surface area contributed by atoms with Crippen molar-refractivity contribution in [1.82, 2.24) is 0 Å². The number of amides is 1. The lowest BCUT2D eigenvalue weighted by Gasteiger charge is -2.09. The molecular formula is C14H8BrF2NO3. The van der Waals surface area contributed by atoms with Gasteiger partial charge in [0.2, 0.25) is 0 Å². The molecule has 2 N–H and O–H groups in total. The minimum atomic E-state index is -1.25. The topological polar surface area (TPSA) is 66.4 Å². The molecule has 2 rings (SSSR count). The number of carboxylic acids is 1. The quantitative estimate of drug-likeness (QED) is 0.882. The van der Waals surface area contributed by atoms with E-state index in [1.807, 2.05) is 0 Å². The second-order valence-corrected chi connectivity index (χ2v) is 4.99. The van der Waals surface area contributed by atoms with Gasteiger partial charge in [0.1, 0.15) is 11.6 Å². The van der Waals surface area contributed by atoms with Crippen LogP contribution in [0.1, 0.15) is 20.7 Å². The van der Waals surface area contributed by atoms with Crippen molar-refractivity contribution in [3.8, 4) is 0 Å². The summed E-state index contributed by atoms with van der Waals surface area (Å²) in [7, 11) is 0. The van der Waals surface area contributed by atoms with Crippen LogP contribution in [0, 0.1) is 11.6 Å². The SMILES string of the molecule is O=C(Nc1cc(Br)ccc1C(=O)O)c1cc(F)ccc1F. The van der Waals surface area contributed by atoms with Gasteiger partial charge in [0.05, 0.1) is 16.8 Å². The lowest BCUT2D eigenvalue weighted by molar-refractivity contribution is 0.0698. The number of hydrogen-bond acceptors (Lipinski definition) is 2. The highest BCUT2D eigenvalue weighted by atomic mass is 79.9. The number of hydrogen-bond donors (Lipinski definition) is 2. The van der Waals surface area contributed by atoms with Crippen LogP contribution in [0.5, 0.6) is 0 Å². The lowest BCUT2D eigenvalue weighted by Crippen LogP contribution is -2.16. The summed E-state index contributed by atoms with van der Waals surface area (Å²) in [4.78, 5) is 23.0. The van der Waals surface area contributed by atoms with E-state index in [2.05, 4.69) is 21.2 Å². The second kappa shape index (κ2) is 6.01. The summed E-state index contributed by atoms with van der Waals surface area (Å²) in [6.45, 7) is 0. The van der Waals surface area contributed by atoms with Gasteiger partial charge < -0.3 is 10.4 Å². The number of aromatic carboxylic acids is 1. The molecule has 21 heavy (non-hydrogen) atoms. The Labute approximate surface area is 126 Å². The number of carbonyl (C=O) groups excluding carboxylic acids is 1. The molecule has 0 spiro atoms. The molecule has 2 aromatic carbocycles. The van der Waals surface area contributed by atoms with Gasteiger partial charge in [-0.2, -0.15) is 0 Å². The Morgan fingerprint density at radius 2 is 1.76 bits per heavy atom. The summed E-state index contributed by atoms with van der Waals surface area (Å²) in [5.74, 6) is -3.86. The van der Waals surface area contributed by atoms with Crippen LogP contribution in [0.25, 0.3) is 0 Å². The molecule has 0 aliphatic carbocycles. The molecule has 0 saturated heterocycles. The third-order valence-corrected chi connectivity index (χ3v) is 3.13. The molecule has 108 valence electrons. The number of anilines is 1. The normalized spacial score (nSPS) is 10.2. The van der Waals surface area contributed by atoms with Crippen LogP contribution in [0.2, 0.25) is 0 Å². The number of carboxylic acid groups (broad SMARTS) is 1. The first-order valence-electron chi connectivity index (χ1n) is 5.67. The molecule has 0 bridgehead atoms. The van der Waals surface area contributed by atoms with E-state index in [1.54, 1.807) is 0 Å². The van der Waals surface area contributed by atoms with E-state index in [4.69, 9.17) is 5.11 Å². The van der Waals surface area contributed by atoms with Crippen LogP contribution >= 0.6 is 15.9 Å². The van der Waals surface area contributed by atoms with Crippen LogP contribution in [0.15, 0.2) is 40.9 Å². The average Bonchev–Trinajstić information content (AvgIpc) is 2.41. The average molecular weight is 356 g/mol. The Hall–Kier alpha value is -2.28. The number of halogens is 3. The molecule has 0 radical (unpaired) electrons. The van der Waals surface area contributed by atoms with Gasteiger partial charge in [0.15, 0.2) is 0 Å². The number of benzene rings is 2. The zero-order chi connectivity index (χ0) is 15.6. The second-order valence-electron chi connectivity index (χ2n) is 4.07. The predicted octanol–water partition coefficient (Wildman–Crippen LogP) is 3.68. The van der Waals surface area contributed by atoms with Gasteiger partial charge in [0.25, 0.3) is 5.91 Å². The van der Waals surface area contributed by atoms with Gasteiger partial charge in [0, 0.05) is 4.47 Å². The van der Waals surface area contributed by atoms with Crippen molar-refractivity contribution in [3.63, 3.8) is 0 Å². The molecule has 0 aliphatic heterocycles. The van der Waals surface area contributed by atoms with Crippen molar-refractivity contribution in [3.05, 3.63) is 63.6 Å². The minimum Gasteiger partial charge on any atom is -0.478 e. The van der Waals surface area contributed by atoms with Crippen LogP contribution in [0.3, 0.4) is 0 Å². The maximum absolute atomic E-state index is 13.5. The summed E-state index contributed by atoms with van der Waals surface area (Å²) in [5.41, 5.74) is -0.694. The summed E-state index contributed by atoms with van der Waals surface area (Å²) in [5, 5.41) is 11.3. The van der Waals surface area contributed by atoms with E-state index in [-0.39, 0.29) is 11.3 Å². The van der Waals surface area contributed by atoms with E-state index in [9.17, 15) is 18.4 Å². The van der Waals surface area contributed by atoms with E-state index in [1.165, 1.54) is 18.2 Å². The first kappa shape index (κ1) is 15.1. The standard InChI is InChI=1S/C14H8BrF2NO3/c15-7-1-3-9(14(20)21)12(5-7)18-13(19)10-6-8(16)2-4-11(10)17/h1-6H,(H,18,19)(H,20,21). The number of rotatable bonds is 3. The molecule has 2 aromatic rings. The van der Waals surface area contributed by atoms with Crippen LogP contribution < -0.4 is 5.32 Å². The maximum Gasteiger partial charge on any atom is 0.337 e. The molecular weight excluding hydrogens is 348 g/mol. The zero-order valence-corrected chi connectivity index (χ0v) is 11.9. The van der Waals surface area contributed by atoms with Crippen molar-refractivity contribution in [2.75, 3.05) is 5.32 Å². The van der Waals surface area contributed by atoms with Gasteiger partial charge >= 0.3 is 5.97 Å². The fraction of sp³-hybridized carbons (Fsp3) is 0. The predicted molar refractivity (Wildman–Crippen MR) is 75.4 cm³/mol. The largest absolute Gasteiger partial charge is 0.478 e. The Morgan fingerprint density at radius 3 is 2.43 bits per heavy atom. The molecule has 0 unspecified atom stereocenters. The Morgan fingerprint density at radius 1 is 1.05 bits per heavy atom. The molecule has 0 aliphatic rings. The van der Waals surface area contributed by atoms with Crippen LogP contribution in [-0.4, -0.2) is 17.0 Å². The molecule has 0 heterocycles. The van der Waals surface area contributed by atoms with E-state index >= 15 is 0 Å². The number of nitrogens with one attached hydrogen (secondary N) is 1. The van der Waals surface area contributed by atoms with E-state index < -0.39 is 29.1 Å². The molecule has 0 saturated carbocycles. The summed E-state index contributed by atoms with van der Waals surface area (Å²) >= 11 is 3.14. The molecule has 0 fully saturated rings. The molecule has 1 amide bonds. The lowest BCUT2D eigenvalue weighted by atomic mass is 10.1. The van der Waals surface area contributed by atoms with Crippen molar-refractivity contribution in [2.45, 2.75) is 0 Å². The highest BCUT2D eigenvalue weighted by Crippen LogP contribution is 2.23. The van der Waals surface area contributed by atoms with Gasteiger partial charge in [-0.1, -0.05) is 15.9 Å². The third kappa shape index (κ3) is 3.43. The van der Waals surface area contributed by atoms with Gasteiger partial charge in [-0.3, -0.25) is 4.79 Å².